The Labute approximate surface area is 155 Å². The van der Waals surface area contributed by atoms with Crippen molar-refractivity contribution in [2.45, 2.75) is 42.8 Å². The third-order valence-electron chi connectivity index (χ3n) is 2.94. The lowest BCUT2D eigenvalue weighted by atomic mass is 10.2. The molecule has 6 nitrogen and oxygen atoms in total. The van der Waals surface area contributed by atoms with Gasteiger partial charge in [0.05, 0.1) is 15.2 Å². The molecule has 0 atom stereocenters. The number of alkyl halides is 6. The van der Waals surface area contributed by atoms with Crippen LogP contribution in [0, 0.1) is 0 Å². The topological polar surface area (TPSA) is 106 Å². The van der Waals surface area contributed by atoms with Crippen molar-refractivity contribution < 1.29 is 54.3 Å². The molecule has 0 aliphatic heterocycles. The lowest BCUT2D eigenvalue weighted by Crippen LogP contribution is -2.39. The van der Waals surface area contributed by atoms with Gasteiger partial charge in [0.25, 0.3) is 0 Å². The minimum Gasteiger partial charge on any atom is -0.478 e. The summed E-state index contributed by atoms with van der Waals surface area (Å²) in [5.41, 5.74) is 0.0767. The zero-order valence-electron chi connectivity index (χ0n) is 14.5. The highest BCUT2D eigenvalue weighted by atomic mass is 32.2. The van der Waals surface area contributed by atoms with Crippen LogP contribution in [0.1, 0.15) is 31.1 Å². The highest BCUT2D eigenvalue weighted by molar-refractivity contribution is 7.92. The molecule has 13 heteroatoms. The Kier molecular flexibility index (Phi) is 7.56. The van der Waals surface area contributed by atoms with Crippen molar-refractivity contribution >= 4 is 27.4 Å². The van der Waals surface area contributed by atoms with E-state index in [0.29, 0.717) is 0 Å². The van der Waals surface area contributed by atoms with Crippen LogP contribution in [0.3, 0.4) is 0 Å². The second kappa shape index (κ2) is 8.29. The molecule has 1 rings (SSSR count). The Bertz CT molecular complexity index is 821. The van der Waals surface area contributed by atoms with Gasteiger partial charge in [0.2, 0.25) is 0 Å². The van der Waals surface area contributed by atoms with Crippen molar-refractivity contribution in [1.29, 1.82) is 0 Å². The quantitative estimate of drug-likeness (QED) is 0.576. The lowest BCUT2D eigenvalue weighted by Gasteiger charge is -2.19. The normalized spacial score (nSPS) is 12.6. The summed E-state index contributed by atoms with van der Waals surface area (Å²) in [5.74, 6) is -7.88. The number of halogens is 6. The van der Waals surface area contributed by atoms with E-state index < -0.39 is 44.5 Å². The minimum absolute atomic E-state index is 0.0767. The number of hydrogen-bond acceptors (Lipinski definition) is 5. The molecule has 0 bridgehead atoms. The number of carbonyl (C=O) groups excluding carboxylic acids is 2. The van der Waals surface area contributed by atoms with E-state index in [0.717, 1.165) is 0 Å². The average Bonchev–Trinajstić information content (AvgIpc) is 2.51. The highest BCUT2D eigenvalue weighted by Gasteiger charge is 2.54. The van der Waals surface area contributed by atoms with Gasteiger partial charge in [-0.15, -0.1) is 0 Å². The van der Waals surface area contributed by atoms with Gasteiger partial charge >= 0.3 is 29.9 Å². The summed E-state index contributed by atoms with van der Waals surface area (Å²) in [7, 11) is -3.41. The van der Waals surface area contributed by atoms with Crippen LogP contribution >= 0.6 is 0 Å². The number of carboxylic acid groups (broad SMARTS) is 1. The molecule has 28 heavy (non-hydrogen) atoms. The van der Waals surface area contributed by atoms with Gasteiger partial charge in [-0.05, 0) is 45.0 Å². The largest absolute Gasteiger partial charge is 0.478 e. The second-order valence-corrected chi connectivity index (χ2v) is 8.80. The summed E-state index contributed by atoms with van der Waals surface area (Å²) in [6.07, 6.45) is -11.5. The SMILES string of the molecule is CC(C)(C)S(=O)(=O)c1ccc(C(=O)O)cc1.O=C(C(=O)C(F)(F)F)C(F)(F)F. The first kappa shape index (κ1) is 25.6. The molecule has 0 saturated carbocycles. The smallest absolute Gasteiger partial charge is 0.458 e. The first-order valence-electron chi connectivity index (χ1n) is 7.03. The first-order chi connectivity index (χ1) is 12.2. The van der Waals surface area contributed by atoms with E-state index in [1.165, 1.54) is 24.3 Å². The Morgan fingerprint density at radius 3 is 1.32 bits per heavy atom. The standard InChI is InChI=1S/C11H14O4S.C4F6O2/c1-11(2,3)16(14,15)9-6-4-8(5-7-9)10(12)13;5-3(6,7)1(11)2(12)4(8,9)10/h4-7H,1-3H3,(H,12,13);. The highest BCUT2D eigenvalue weighted by Crippen LogP contribution is 2.25. The van der Waals surface area contributed by atoms with Crippen molar-refractivity contribution in [2.75, 3.05) is 0 Å². The Balaban J connectivity index is 0.000000546. The van der Waals surface area contributed by atoms with Crippen LogP contribution in [0.15, 0.2) is 29.2 Å². The van der Waals surface area contributed by atoms with Crippen LogP contribution in [0.4, 0.5) is 26.3 Å². The van der Waals surface area contributed by atoms with E-state index in [1.807, 2.05) is 0 Å². The minimum atomic E-state index is -5.77. The number of hydrogen-bond donors (Lipinski definition) is 1. The van der Waals surface area contributed by atoms with E-state index in [9.17, 15) is 49.1 Å². The molecule has 158 valence electrons. The first-order valence-corrected chi connectivity index (χ1v) is 8.52. The molecule has 0 radical (unpaired) electrons. The van der Waals surface area contributed by atoms with Crippen LogP contribution in [0.2, 0.25) is 0 Å². The Morgan fingerprint density at radius 2 is 1.11 bits per heavy atom. The number of rotatable bonds is 3. The molecule has 0 amide bonds. The van der Waals surface area contributed by atoms with Crippen molar-refractivity contribution in [1.82, 2.24) is 0 Å². The van der Waals surface area contributed by atoms with Gasteiger partial charge in [0.1, 0.15) is 0 Å². The maximum Gasteiger partial charge on any atom is 0.458 e. The number of carbonyl (C=O) groups is 3. The van der Waals surface area contributed by atoms with Gasteiger partial charge < -0.3 is 5.11 Å². The fourth-order valence-corrected chi connectivity index (χ4v) is 2.59. The molecule has 0 aliphatic carbocycles. The number of ketones is 2. The van der Waals surface area contributed by atoms with E-state index in [4.69, 9.17) is 5.11 Å². The van der Waals surface area contributed by atoms with E-state index in [2.05, 4.69) is 0 Å². The van der Waals surface area contributed by atoms with E-state index in [1.54, 1.807) is 20.8 Å². The molecule has 0 unspecified atom stereocenters. The van der Waals surface area contributed by atoms with Gasteiger partial charge in [-0.2, -0.15) is 26.3 Å². The van der Waals surface area contributed by atoms with Gasteiger partial charge in [0.15, 0.2) is 9.84 Å². The van der Waals surface area contributed by atoms with Crippen LogP contribution in [-0.4, -0.2) is 48.2 Å². The second-order valence-electron chi connectivity index (χ2n) is 6.10. The third-order valence-corrected chi connectivity index (χ3v) is 5.44. The predicted octanol–water partition coefficient (Wildman–Crippen LogP) is 3.21. The number of sulfone groups is 1. The Morgan fingerprint density at radius 1 is 0.786 bits per heavy atom. The van der Waals surface area contributed by atoms with Crippen molar-refractivity contribution in [3.63, 3.8) is 0 Å². The molecule has 0 aromatic heterocycles. The molecule has 0 aliphatic rings. The molecule has 1 aromatic carbocycles. The van der Waals surface area contributed by atoms with Gasteiger partial charge in [-0.3, -0.25) is 9.59 Å². The average molecular weight is 436 g/mol. The number of carboxylic acids is 1. The lowest BCUT2D eigenvalue weighted by molar-refractivity contribution is -0.193. The van der Waals surface area contributed by atoms with Crippen LogP contribution in [0.25, 0.3) is 0 Å². The van der Waals surface area contributed by atoms with Crippen LogP contribution in [0.5, 0.6) is 0 Å². The van der Waals surface area contributed by atoms with Gasteiger partial charge in [0, 0.05) is 0 Å². The zero-order chi connectivity index (χ0) is 22.7. The molecule has 1 N–H and O–H groups in total. The zero-order valence-corrected chi connectivity index (χ0v) is 15.3. The monoisotopic (exact) mass is 436 g/mol. The number of aromatic carboxylic acids is 1. The Hall–Kier alpha value is -2.44. The molecular formula is C15H14F6O6S. The van der Waals surface area contributed by atoms with Crippen molar-refractivity contribution in [3.05, 3.63) is 29.8 Å². The molecule has 0 heterocycles. The van der Waals surface area contributed by atoms with E-state index in [-0.39, 0.29) is 10.5 Å². The van der Waals surface area contributed by atoms with Gasteiger partial charge in [-0.1, -0.05) is 0 Å². The summed E-state index contributed by atoms with van der Waals surface area (Å²) < 4.78 is 90.0. The number of Topliss-reactive ketones (excluding diaryl/α,β-unsaturated/α-hetero) is 2. The summed E-state index contributed by atoms with van der Waals surface area (Å²) in [4.78, 5) is 30.0. The van der Waals surface area contributed by atoms with Crippen LogP contribution in [-0.2, 0) is 19.4 Å². The maximum absolute atomic E-state index is 12.0. The summed E-state index contributed by atoms with van der Waals surface area (Å²) >= 11 is 0. The maximum atomic E-state index is 12.0. The third kappa shape index (κ3) is 6.62. The molecule has 0 fully saturated rings. The van der Waals surface area contributed by atoms with Crippen molar-refractivity contribution in [2.24, 2.45) is 0 Å². The van der Waals surface area contributed by atoms with Gasteiger partial charge in [-0.25, -0.2) is 13.2 Å². The van der Waals surface area contributed by atoms with E-state index >= 15 is 0 Å². The molecular weight excluding hydrogens is 422 g/mol. The summed E-state index contributed by atoms with van der Waals surface area (Å²) in [6.45, 7) is 4.81. The van der Waals surface area contributed by atoms with Crippen molar-refractivity contribution in [3.8, 4) is 0 Å². The fraction of sp³-hybridized carbons (Fsp3) is 0.400. The summed E-state index contributed by atoms with van der Waals surface area (Å²) in [5, 5.41) is 8.69. The number of benzene rings is 1. The predicted molar refractivity (Wildman–Crippen MR) is 82.5 cm³/mol. The fourth-order valence-electron chi connectivity index (χ4n) is 1.39. The molecule has 0 saturated heterocycles. The molecule has 1 aromatic rings. The van der Waals surface area contributed by atoms with Crippen LogP contribution < -0.4 is 0 Å². The molecule has 0 spiro atoms. The summed E-state index contributed by atoms with van der Waals surface area (Å²) in [6, 6.07) is 5.23.